The third-order valence-electron chi connectivity index (χ3n) is 3.85. The first kappa shape index (κ1) is 15.9. The van der Waals surface area contributed by atoms with Crippen LogP contribution in [0.25, 0.3) is 0 Å². The van der Waals surface area contributed by atoms with Gasteiger partial charge in [-0.05, 0) is 31.5 Å². The number of aromatic hydroxyl groups is 1. The zero-order chi connectivity index (χ0) is 16.4. The molecule has 0 fully saturated rings. The SMILES string of the molecule is CCOC(=O)C1=C(C)N(C)C(=O)N(C)C1c1ccc(O)cc1. The fourth-order valence-corrected chi connectivity index (χ4v) is 2.58. The van der Waals surface area contributed by atoms with Gasteiger partial charge in [-0.25, -0.2) is 9.59 Å². The Morgan fingerprint density at radius 1 is 1.27 bits per heavy atom. The van der Waals surface area contributed by atoms with Crippen molar-refractivity contribution in [1.82, 2.24) is 9.80 Å². The molecule has 0 saturated carbocycles. The number of phenols is 1. The molecular formula is C16H20N2O4. The van der Waals surface area contributed by atoms with Crippen LogP contribution in [0.2, 0.25) is 0 Å². The summed E-state index contributed by atoms with van der Waals surface area (Å²) in [5.41, 5.74) is 1.74. The summed E-state index contributed by atoms with van der Waals surface area (Å²) >= 11 is 0. The number of ether oxygens (including phenoxy) is 1. The minimum Gasteiger partial charge on any atom is -0.508 e. The highest BCUT2D eigenvalue weighted by atomic mass is 16.5. The van der Waals surface area contributed by atoms with Crippen molar-refractivity contribution in [2.45, 2.75) is 19.9 Å². The topological polar surface area (TPSA) is 70.1 Å². The van der Waals surface area contributed by atoms with Gasteiger partial charge in [-0.3, -0.25) is 0 Å². The van der Waals surface area contributed by atoms with E-state index in [1.165, 1.54) is 21.9 Å². The van der Waals surface area contributed by atoms with Crippen molar-refractivity contribution in [2.24, 2.45) is 0 Å². The maximum absolute atomic E-state index is 12.4. The highest BCUT2D eigenvalue weighted by molar-refractivity contribution is 5.94. The normalized spacial score (nSPS) is 18.7. The van der Waals surface area contributed by atoms with E-state index in [9.17, 15) is 14.7 Å². The molecule has 0 spiro atoms. The summed E-state index contributed by atoms with van der Waals surface area (Å²) in [6, 6.07) is 5.71. The lowest BCUT2D eigenvalue weighted by Gasteiger charge is -2.39. The summed E-state index contributed by atoms with van der Waals surface area (Å²) in [6.45, 7) is 3.73. The standard InChI is InChI=1S/C16H20N2O4/c1-5-22-15(20)13-10(2)17(3)16(21)18(4)14(13)11-6-8-12(19)9-7-11/h6-9,14,19H,5H2,1-4H3. The molecule has 1 atom stereocenters. The Hall–Kier alpha value is -2.50. The van der Waals surface area contributed by atoms with E-state index in [2.05, 4.69) is 0 Å². The van der Waals surface area contributed by atoms with E-state index in [0.29, 0.717) is 11.3 Å². The van der Waals surface area contributed by atoms with Gasteiger partial charge in [-0.15, -0.1) is 0 Å². The first-order valence-corrected chi connectivity index (χ1v) is 7.05. The number of urea groups is 1. The summed E-state index contributed by atoms with van der Waals surface area (Å²) in [6.07, 6.45) is 0. The van der Waals surface area contributed by atoms with Gasteiger partial charge in [0.05, 0.1) is 18.2 Å². The van der Waals surface area contributed by atoms with Crippen LogP contribution >= 0.6 is 0 Å². The second-order valence-corrected chi connectivity index (χ2v) is 5.17. The number of amides is 2. The van der Waals surface area contributed by atoms with Gasteiger partial charge in [0.25, 0.3) is 0 Å². The maximum atomic E-state index is 12.4. The van der Waals surface area contributed by atoms with Crippen LogP contribution in [0.15, 0.2) is 35.5 Å². The number of hydrogen-bond donors (Lipinski definition) is 1. The fourth-order valence-electron chi connectivity index (χ4n) is 2.58. The van der Waals surface area contributed by atoms with E-state index in [4.69, 9.17) is 4.74 Å². The number of phenolic OH excluding ortho intramolecular Hbond substituents is 1. The maximum Gasteiger partial charge on any atom is 0.338 e. The molecule has 1 aromatic rings. The van der Waals surface area contributed by atoms with Gasteiger partial charge in [0.1, 0.15) is 5.75 Å². The van der Waals surface area contributed by atoms with Crippen molar-refractivity contribution < 1.29 is 19.4 Å². The van der Waals surface area contributed by atoms with Crippen LogP contribution in [0, 0.1) is 0 Å². The number of allylic oxidation sites excluding steroid dienone is 1. The van der Waals surface area contributed by atoms with E-state index in [1.807, 2.05) is 0 Å². The molecule has 1 heterocycles. The molecule has 22 heavy (non-hydrogen) atoms. The number of esters is 1. The van der Waals surface area contributed by atoms with Crippen LogP contribution in [-0.4, -0.2) is 47.6 Å². The molecular weight excluding hydrogens is 284 g/mol. The minimum absolute atomic E-state index is 0.129. The summed E-state index contributed by atoms with van der Waals surface area (Å²) < 4.78 is 5.15. The van der Waals surface area contributed by atoms with Crippen LogP contribution in [-0.2, 0) is 9.53 Å². The predicted molar refractivity (Wildman–Crippen MR) is 81.1 cm³/mol. The van der Waals surface area contributed by atoms with Crippen molar-refractivity contribution in [3.05, 3.63) is 41.1 Å². The number of carbonyl (C=O) groups excluding carboxylic acids is 2. The predicted octanol–water partition coefficient (Wildman–Crippen LogP) is 2.27. The quantitative estimate of drug-likeness (QED) is 0.870. The summed E-state index contributed by atoms with van der Waals surface area (Å²) in [4.78, 5) is 27.6. The molecule has 2 rings (SSSR count). The van der Waals surface area contributed by atoms with Crippen LogP contribution < -0.4 is 0 Å². The molecule has 0 saturated heterocycles. The molecule has 118 valence electrons. The number of rotatable bonds is 3. The monoisotopic (exact) mass is 304 g/mol. The summed E-state index contributed by atoms with van der Waals surface area (Å²) in [7, 11) is 3.27. The average molecular weight is 304 g/mol. The lowest BCUT2D eigenvalue weighted by atomic mass is 9.93. The van der Waals surface area contributed by atoms with E-state index in [1.54, 1.807) is 40.1 Å². The highest BCUT2D eigenvalue weighted by Gasteiger charge is 2.39. The molecule has 0 aliphatic carbocycles. The largest absolute Gasteiger partial charge is 0.508 e. The Balaban J connectivity index is 2.57. The van der Waals surface area contributed by atoms with Gasteiger partial charge in [-0.2, -0.15) is 0 Å². The molecule has 1 N–H and O–H groups in total. The average Bonchev–Trinajstić information content (AvgIpc) is 2.50. The molecule has 1 aliphatic heterocycles. The van der Waals surface area contributed by atoms with E-state index in [-0.39, 0.29) is 18.4 Å². The molecule has 6 heteroatoms. The molecule has 1 aromatic carbocycles. The minimum atomic E-state index is -0.539. The summed E-state index contributed by atoms with van der Waals surface area (Å²) in [5.74, 6) is -0.312. The molecule has 1 aliphatic rings. The lowest BCUT2D eigenvalue weighted by molar-refractivity contribution is -0.139. The van der Waals surface area contributed by atoms with Gasteiger partial charge in [0, 0.05) is 19.8 Å². The van der Waals surface area contributed by atoms with Crippen molar-refractivity contribution in [2.75, 3.05) is 20.7 Å². The number of benzene rings is 1. The van der Waals surface area contributed by atoms with Crippen LogP contribution in [0.4, 0.5) is 4.79 Å². The molecule has 1 unspecified atom stereocenters. The molecule has 0 radical (unpaired) electrons. The number of likely N-dealkylation sites (N-methyl/N-ethyl adjacent to an activating group) is 1. The van der Waals surface area contributed by atoms with E-state index < -0.39 is 12.0 Å². The van der Waals surface area contributed by atoms with Crippen molar-refractivity contribution >= 4 is 12.0 Å². The van der Waals surface area contributed by atoms with Crippen LogP contribution in [0.3, 0.4) is 0 Å². The van der Waals surface area contributed by atoms with E-state index in [0.717, 1.165) is 5.56 Å². The molecule has 2 amide bonds. The zero-order valence-electron chi connectivity index (χ0n) is 13.2. The van der Waals surface area contributed by atoms with Gasteiger partial charge in [0.15, 0.2) is 0 Å². The zero-order valence-corrected chi connectivity index (χ0v) is 13.2. The second-order valence-electron chi connectivity index (χ2n) is 5.17. The highest BCUT2D eigenvalue weighted by Crippen LogP contribution is 2.36. The van der Waals surface area contributed by atoms with Crippen LogP contribution in [0.5, 0.6) is 5.75 Å². The molecule has 0 bridgehead atoms. The third-order valence-corrected chi connectivity index (χ3v) is 3.85. The number of carbonyl (C=O) groups is 2. The van der Waals surface area contributed by atoms with Crippen molar-refractivity contribution in [1.29, 1.82) is 0 Å². The smallest absolute Gasteiger partial charge is 0.338 e. The van der Waals surface area contributed by atoms with Gasteiger partial charge in [0.2, 0.25) is 0 Å². The Morgan fingerprint density at radius 3 is 2.41 bits per heavy atom. The molecule has 6 nitrogen and oxygen atoms in total. The van der Waals surface area contributed by atoms with Crippen molar-refractivity contribution in [3.8, 4) is 5.75 Å². The Morgan fingerprint density at radius 2 is 1.86 bits per heavy atom. The lowest BCUT2D eigenvalue weighted by Crippen LogP contribution is -2.47. The number of nitrogens with zero attached hydrogens (tertiary/aromatic N) is 2. The molecule has 0 aromatic heterocycles. The fraction of sp³-hybridized carbons (Fsp3) is 0.375. The van der Waals surface area contributed by atoms with Gasteiger partial charge < -0.3 is 19.6 Å². The van der Waals surface area contributed by atoms with Gasteiger partial charge >= 0.3 is 12.0 Å². The first-order valence-electron chi connectivity index (χ1n) is 7.05. The Labute approximate surface area is 129 Å². The van der Waals surface area contributed by atoms with E-state index >= 15 is 0 Å². The number of hydrogen-bond acceptors (Lipinski definition) is 4. The third kappa shape index (κ3) is 2.64. The Bertz CT molecular complexity index is 622. The van der Waals surface area contributed by atoms with Gasteiger partial charge in [-0.1, -0.05) is 12.1 Å². The van der Waals surface area contributed by atoms with Crippen LogP contribution in [0.1, 0.15) is 25.5 Å². The second kappa shape index (κ2) is 6.09. The first-order chi connectivity index (χ1) is 10.4. The summed E-state index contributed by atoms with van der Waals surface area (Å²) in [5, 5.41) is 9.43. The Kier molecular flexibility index (Phi) is 4.40. The van der Waals surface area contributed by atoms with Crippen molar-refractivity contribution in [3.63, 3.8) is 0 Å².